The molecule has 1 atom stereocenters. The molecule has 252 valence electrons. The summed E-state index contributed by atoms with van der Waals surface area (Å²) in [5, 5.41) is 15.4. The summed E-state index contributed by atoms with van der Waals surface area (Å²) < 4.78 is 28.6. The standard InChI is InChI=1S/C35H45N5O5S2/c1-38(2)22-8-9-28(26-46-30-10-4-3-5-11-30)36-32-17-16-31(25-33(32)40(42)43)47(44,45)37-34(41)27-12-14-29(15-13-27)39-23-20-35(21-24-39)18-6-7-19-35/h3-5,10-17,25,28,36H,6-9,18-24,26H2,1-2H3,(H,37,41)/t28-/m1/s1. The SMILES string of the molecule is CN(C)CCC[C@H](CSc1ccccc1)Nc1ccc(S(=O)(=O)NC(=O)c2ccc(N3CCC4(CCCC4)CC3)cc2)cc1[N+](=O)[O-]. The normalized spacial score (nSPS) is 16.7. The van der Waals surface area contributed by atoms with E-state index in [1.165, 1.54) is 50.7 Å². The number of hydrogen-bond donors (Lipinski definition) is 2. The Morgan fingerprint density at radius 3 is 2.32 bits per heavy atom. The van der Waals surface area contributed by atoms with Crippen molar-refractivity contribution in [1.82, 2.24) is 9.62 Å². The maximum atomic E-state index is 13.2. The number of piperidine rings is 1. The minimum Gasteiger partial charge on any atom is -0.376 e. The van der Waals surface area contributed by atoms with Gasteiger partial charge in [-0.3, -0.25) is 14.9 Å². The van der Waals surface area contributed by atoms with Gasteiger partial charge in [0.2, 0.25) is 0 Å². The lowest BCUT2D eigenvalue weighted by atomic mass is 9.77. The van der Waals surface area contributed by atoms with Crippen LogP contribution in [0.15, 0.2) is 82.6 Å². The van der Waals surface area contributed by atoms with E-state index in [0.29, 0.717) is 11.2 Å². The number of thioether (sulfide) groups is 1. The fourth-order valence-electron chi connectivity index (χ4n) is 6.66. The molecule has 1 aliphatic carbocycles. The zero-order chi connectivity index (χ0) is 33.4. The summed E-state index contributed by atoms with van der Waals surface area (Å²) in [5.41, 5.74) is 1.58. The number of carbonyl (C=O) groups excluding carboxylic acids is 1. The second-order valence-electron chi connectivity index (χ2n) is 13.0. The molecule has 10 nitrogen and oxygen atoms in total. The topological polar surface area (TPSA) is 125 Å². The summed E-state index contributed by atoms with van der Waals surface area (Å²) in [6.45, 7) is 2.83. The van der Waals surface area contributed by atoms with Crippen molar-refractivity contribution in [3.63, 3.8) is 0 Å². The summed E-state index contributed by atoms with van der Waals surface area (Å²) in [6.07, 6.45) is 9.30. The summed E-state index contributed by atoms with van der Waals surface area (Å²) in [5.74, 6) is -0.119. The van der Waals surface area contributed by atoms with E-state index in [-0.39, 0.29) is 27.9 Å². The van der Waals surface area contributed by atoms with Gasteiger partial charge in [0.1, 0.15) is 5.69 Å². The van der Waals surface area contributed by atoms with Gasteiger partial charge in [0.25, 0.3) is 21.6 Å². The Kier molecular flexibility index (Phi) is 11.5. The molecule has 1 saturated heterocycles. The van der Waals surface area contributed by atoms with E-state index < -0.39 is 20.9 Å². The molecular formula is C35H45N5O5S2. The first kappa shape index (κ1) is 34.7. The van der Waals surface area contributed by atoms with Gasteiger partial charge in [-0.15, -0.1) is 11.8 Å². The highest BCUT2D eigenvalue weighted by molar-refractivity contribution is 7.99. The highest BCUT2D eigenvalue weighted by Crippen LogP contribution is 2.46. The monoisotopic (exact) mass is 679 g/mol. The van der Waals surface area contributed by atoms with Crippen molar-refractivity contribution < 1.29 is 18.1 Å². The van der Waals surface area contributed by atoms with Crippen LogP contribution in [0.1, 0.15) is 61.7 Å². The van der Waals surface area contributed by atoms with Crippen LogP contribution in [-0.4, -0.2) is 69.7 Å². The number of amides is 1. The molecule has 47 heavy (non-hydrogen) atoms. The average Bonchev–Trinajstić information content (AvgIpc) is 3.51. The van der Waals surface area contributed by atoms with Crippen LogP contribution in [0.25, 0.3) is 0 Å². The summed E-state index contributed by atoms with van der Waals surface area (Å²) in [6, 6.07) is 20.5. The number of nitrogens with zero attached hydrogens (tertiary/aromatic N) is 3. The second-order valence-corrected chi connectivity index (χ2v) is 15.8. The molecule has 1 heterocycles. The van der Waals surface area contributed by atoms with Crippen molar-refractivity contribution in [3.05, 3.63) is 88.5 Å². The number of nitro groups is 1. The van der Waals surface area contributed by atoms with E-state index >= 15 is 0 Å². The minimum absolute atomic E-state index is 0.0993. The summed E-state index contributed by atoms with van der Waals surface area (Å²) >= 11 is 1.65. The number of rotatable bonds is 14. The first-order valence-corrected chi connectivity index (χ1v) is 18.8. The van der Waals surface area contributed by atoms with E-state index in [1.807, 2.05) is 56.6 Å². The maximum absolute atomic E-state index is 13.2. The van der Waals surface area contributed by atoms with E-state index in [2.05, 4.69) is 19.8 Å². The molecule has 0 radical (unpaired) electrons. The second kappa shape index (κ2) is 15.5. The molecule has 0 bridgehead atoms. The lowest BCUT2D eigenvalue weighted by molar-refractivity contribution is -0.384. The van der Waals surface area contributed by atoms with Crippen LogP contribution in [0.3, 0.4) is 0 Å². The third kappa shape index (κ3) is 9.27. The van der Waals surface area contributed by atoms with Crippen molar-refractivity contribution in [2.45, 2.75) is 67.2 Å². The van der Waals surface area contributed by atoms with Crippen molar-refractivity contribution in [1.29, 1.82) is 0 Å². The molecule has 5 rings (SSSR count). The number of hydrogen-bond acceptors (Lipinski definition) is 9. The highest BCUT2D eigenvalue weighted by atomic mass is 32.2. The van der Waals surface area contributed by atoms with Crippen LogP contribution in [-0.2, 0) is 10.0 Å². The molecule has 2 N–H and O–H groups in total. The van der Waals surface area contributed by atoms with Crippen LogP contribution in [0.4, 0.5) is 17.1 Å². The Morgan fingerprint density at radius 1 is 1.00 bits per heavy atom. The van der Waals surface area contributed by atoms with Crippen LogP contribution < -0.4 is 14.9 Å². The largest absolute Gasteiger partial charge is 0.376 e. The average molecular weight is 680 g/mol. The number of sulfonamides is 1. The Balaban J connectivity index is 1.24. The molecule has 1 amide bonds. The van der Waals surface area contributed by atoms with Gasteiger partial charge >= 0.3 is 0 Å². The third-order valence-corrected chi connectivity index (χ3v) is 11.9. The van der Waals surface area contributed by atoms with Gasteiger partial charge in [-0.25, -0.2) is 13.1 Å². The number of benzene rings is 3. The van der Waals surface area contributed by atoms with Gasteiger partial charge in [0, 0.05) is 47.1 Å². The van der Waals surface area contributed by atoms with Crippen LogP contribution in [0.2, 0.25) is 0 Å². The molecule has 3 aromatic rings. The Labute approximate surface area is 282 Å². The molecule has 0 unspecified atom stereocenters. The van der Waals surface area contributed by atoms with Gasteiger partial charge < -0.3 is 15.1 Å². The van der Waals surface area contributed by atoms with Gasteiger partial charge in [0.05, 0.1) is 9.82 Å². The Bertz CT molecular complexity index is 1620. The third-order valence-electron chi connectivity index (χ3n) is 9.40. The zero-order valence-corrected chi connectivity index (χ0v) is 28.8. The lowest BCUT2D eigenvalue weighted by Crippen LogP contribution is -2.38. The van der Waals surface area contributed by atoms with Gasteiger partial charge in [-0.1, -0.05) is 31.0 Å². The first-order chi connectivity index (χ1) is 22.5. The molecule has 12 heteroatoms. The van der Waals surface area contributed by atoms with Crippen LogP contribution in [0.5, 0.6) is 0 Å². The highest BCUT2D eigenvalue weighted by Gasteiger charge is 2.37. The molecule has 2 fully saturated rings. The zero-order valence-electron chi connectivity index (χ0n) is 27.2. The molecule has 1 spiro atoms. The van der Waals surface area contributed by atoms with Gasteiger partial charge in [-0.05, 0) is 113 Å². The van der Waals surface area contributed by atoms with Crippen molar-refractivity contribution in [3.8, 4) is 0 Å². The van der Waals surface area contributed by atoms with E-state index in [9.17, 15) is 23.3 Å². The number of nitrogens with one attached hydrogen (secondary N) is 2. The fourth-order valence-corrected chi connectivity index (χ4v) is 8.65. The molecule has 2 aliphatic rings. The molecule has 3 aromatic carbocycles. The molecule has 1 aliphatic heterocycles. The predicted octanol–water partition coefficient (Wildman–Crippen LogP) is 6.79. The number of anilines is 2. The van der Waals surface area contributed by atoms with Crippen molar-refractivity contribution in [2.75, 3.05) is 49.7 Å². The van der Waals surface area contributed by atoms with Crippen LogP contribution >= 0.6 is 11.8 Å². The predicted molar refractivity (Wildman–Crippen MR) is 189 cm³/mol. The summed E-state index contributed by atoms with van der Waals surface area (Å²) in [7, 11) is -0.377. The van der Waals surface area contributed by atoms with Crippen molar-refractivity contribution in [2.24, 2.45) is 5.41 Å². The number of carbonyl (C=O) groups is 1. The fraction of sp³-hybridized carbons (Fsp3) is 0.457. The maximum Gasteiger partial charge on any atom is 0.293 e. The van der Waals surface area contributed by atoms with E-state index in [1.54, 1.807) is 23.9 Å². The van der Waals surface area contributed by atoms with E-state index in [4.69, 9.17) is 0 Å². The van der Waals surface area contributed by atoms with E-state index in [0.717, 1.165) is 49.1 Å². The minimum atomic E-state index is -4.37. The molecular weight excluding hydrogens is 635 g/mol. The quantitative estimate of drug-likeness (QED) is 0.108. The summed E-state index contributed by atoms with van der Waals surface area (Å²) in [4.78, 5) is 29.7. The molecule has 0 aromatic heterocycles. The van der Waals surface area contributed by atoms with Gasteiger partial charge in [0.15, 0.2) is 0 Å². The molecule has 1 saturated carbocycles. The first-order valence-electron chi connectivity index (χ1n) is 16.3. The van der Waals surface area contributed by atoms with Crippen LogP contribution in [0, 0.1) is 15.5 Å². The Morgan fingerprint density at radius 2 is 1.68 bits per heavy atom. The van der Waals surface area contributed by atoms with Crippen molar-refractivity contribution >= 4 is 44.8 Å². The van der Waals surface area contributed by atoms with Gasteiger partial charge in [-0.2, -0.15) is 0 Å². The smallest absolute Gasteiger partial charge is 0.293 e. The lowest BCUT2D eigenvalue weighted by Gasteiger charge is -2.40. The Hall–Kier alpha value is -3.61. The number of nitro benzene ring substituents is 1.